The van der Waals surface area contributed by atoms with Gasteiger partial charge in [-0.25, -0.2) is 0 Å². The van der Waals surface area contributed by atoms with Gasteiger partial charge in [-0.15, -0.1) is 0 Å². The van der Waals surface area contributed by atoms with Crippen molar-refractivity contribution in [2.75, 3.05) is 6.16 Å². The normalized spacial score (nSPS) is 17.5. The lowest BCUT2D eigenvalue weighted by molar-refractivity contribution is -0.131. The Bertz CT molecular complexity index is 203. The average molecular weight is 182 g/mol. The van der Waals surface area contributed by atoms with Crippen LogP contribution in [0.1, 0.15) is 13.8 Å². The van der Waals surface area contributed by atoms with Crippen molar-refractivity contribution in [2.24, 2.45) is 0 Å². The second-order valence-corrected chi connectivity index (χ2v) is 4.30. The summed E-state index contributed by atoms with van der Waals surface area (Å²) in [4.78, 5) is 27.4. The Morgan fingerprint density at radius 2 is 1.91 bits per heavy atom. The molecule has 0 fully saturated rings. The van der Waals surface area contributed by atoms with Gasteiger partial charge in [0.05, 0.1) is 6.16 Å². The third-order valence-corrected chi connectivity index (χ3v) is 2.30. The van der Waals surface area contributed by atoms with Crippen molar-refractivity contribution in [3.63, 3.8) is 0 Å². The van der Waals surface area contributed by atoms with E-state index < -0.39 is 25.1 Å². The molecule has 0 aliphatic rings. The highest BCUT2D eigenvalue weighted by Crippen LogP contribution is 2.38. The number of carbonyl (C=O) groups excluding carboxylic acids is 1. The Labute approximate surface area is 64.2 Å². The summed E-state index contributed by atoms with van der Waals surface area (Å²) in [5, 5.41) is 9.09. The largest absolute Gasteiger partial charge is 0.382 e. The lowest BCUT2D eigenvalue weighted by atomic mass is 10.1. The molecule has 0 aromatic carbocycles. The van der Waals surface area contributed by atoms with Crippen LogP contribution in [-0.2, 0) is 9.36 Å². The molecule has 1 unspecified atom stereocenters. The summed E-state index contributed by atoms with van der Waals surface area (Å²) in [5.74, 6) is -0.652. The third kappa shape index (κ3) is 4.27. The quantitative estimate of drug-likeness (QED) is 0.511. The minimum Gasteiger partial charge on any atom is -0.382 e. The number of hydrogen-bond donors (Lipinski definition) is 3. The maximum Gasteiger partial charge on any atom is 0.328 e. The second kappa shape index (κ2) is 3.03. The Morgan fingerprint density at radius 3 is 2.00 bits per heavy atom. The number of aliphatic hydroxyl groups is 1. The van der Waals surface area contributed by atoms with Gasteiger partial charge in [-0.3, -0.25) is 9.36 Å². The molecular weight excluding hydrogens is 171 g/mol. The highest BCUT2D eigenvalue weighted by atomic mass is 31.2. The van der Waals surface area contributed by atoms with E-state index in [-0.39, 0.29) is 0 Å². The van der Waals surface area contributed by atoms with Gasteiger partial charge in [0.15, 0.2) is 5.78 Å². The fraction of sp³-hybridized carbons (Fsp3) is 0.800. The zero-order valence-electron chi connectivity index (χ0n) is 6.31. The highest BCUT2D eigenvalue weighted by molar-refractivity contribution is 7.51. The van der Waals surface area contributed by atoms with Crippen molar-refractivity contribution < 1.29 is 24.3 Å². The van der Waals surface area contributed by atoms with Gasteiger partial charge >= 0.3 is 7.60 Å². The molecular formula is C5H11O5P. The van der Waals surface area contributed by atoms with Crippen molar-refractivity contribution in [3.8, 4) is 0 Å². The predicted octanol–water partition coefficient (Wildman–Crippen LogP) is -0.496. The molecule has 0 heterocycles. The van der Waals surface area contributed by atoms with Crippen LogP contribution in [-0.4, -0.2) is 32.4 Å². The number of Topliss-reactive ketones (excluding diaryl/α,β-unsaturated/α-hetero) is 1. The molecule has 0 aliphatic heterocycles. The molecule has 1 atom stereocenters. The van der Waals surface area contributed by atoms with Crippen LogP contribution in [0, 0.1) is 0 Å². The Morgan fingerprint density at radius 1 is 1.55 bits per heavy atom. The minimum absolute atomic E-state index is 0.652. The summed E-state index contributed by atoms with van der Waals surface area (Å²) >= 11 is 0. The first kappa shape index (κ1) is 10.8. The number of ketones is 1. The van der Waals surface area contributed by atoms with Crippen molar-refractivity contribution in [2.45, 2.75) is 19.4 Å². The van der Waals surface area contributed by atoms with Crippen LogP contribution in [0.25, 0.3) is 0 Å². The Hall–Kier alpha value is -0.220. The second-order valence-electron chi connectivity index (χ2n) is 2.65. The van der Waals surface area contributed by atoms with E-state index in [1.807, 2.05) is 0 Å². The molecule has 0 aromatic heterocycles. The summed E-state index contributed by atoms with van der Waals surface area (Å²) in [5.41, 5.74) is -1.92. The summed E-state index contributed by atoms with van der Waals surface area (Å²) in [6.07, 6.45) is -0.824. The topological polar surface area (TPSA) is 94.8 Å². The van der Waals surface area contributed by atoms with Crippen LogP contribution < -0.4 is 0 Å². The zero-order valence-corrected chi connectivity index (χ0v) is 7.21. The SMILES string of the molecule is CC(=O)C(C)(O)CP(=O)(O)O. The molecule has 0 aromatic rings. The predicted molar refractivity (Wildman–Crippen MR) is 38.2 cm³/mol. The molecule has 66 valence electrons. The maximum absolute atomic E-state index is 10.5. The first-order valence-corrected chi connectivity index (χ1v) is 4.73. The fourth-order valence-electron chi connectivity index (χ4n) is 0.512. The van der Waals surface area contributed by atoms with E-state index in [2.05, 4.69) is 0 Å². The van der Waals surface area contributed by atoms with E-state index in [4.69, 9.17) is 14.9 Å². The van der Waals surface area contributed by atoms with Crippen LogP contribution in [0.4, 0.5) is 0 Å². The molecule has 0 saturated carbocycles. The van der Waals surface area contributed by atoms with Gasteiger partial charge in [-0.05, 0) is 13.8 Å². The molecule has 5 nitrogen and oxygen atoms in total. The lowest BCUT2D eigenvalue weighted by Crippen LogP contribution is -2.36. The average Bonchev–Trinajstić information content (AvgIpc) is 1.56. The summed E-state index contributed by atoms with van der Waals surface area (Å²) < 4.78 is 10.3. The van der Waals surface area contributed by atoms with E-state index in [0.717, 1.165) is 13.8 Å². The van der Waals surface area contributed by atoms with E-state index in [0.29, 0.717) is 0 Å². The van der Waals surface area contributed by atoms with Crippen LogP contribution >= 0.6 is 7.60 Å². The van der Waals surface area contributed by atoms with E-state index >= 15 is 0 Å². The van der Waals surface area contributed by atoms with Gasteiger partial charge in [-0.2, -0.15) is 0 Å². The standard InChI is InChI=1S/C5H11O5P/c1-4(6)5(2,7)3-11(8,9)10/h7H,3H2,1-2H3,(H2,8,9,10). The minimum atomic E-state index is -4.31. The van der Waals surface area contributed by atoms with Crippen molar-refractivity contribution in [3.05, 3.63) is 0 Å². The fourth-order valence-corrected chi connectivity index (χ4v) is 1.54. The van der Waals surface area contributed by atoms with Crippen molar-refractivity contribution >= 4 is 13.4 Å². The number of hydrogen-bond acceptors (Lipinski definition) is 3. The lowest BCUT2D eigenvalue weighted by Gasteiger charge is -2.19. The highest BCUT2D eigenvalue weighted by Gasteiger charge is 2.34. The van der Waals surface area contributed by atoms with Crippen molar-refractivity contribution in [1.29, 1.82) is 0 Å². The number of rotatable bonds is 3. The van der Waals surface area contributed by atoms with E-state index in [1.54, 1.807) is 0 Å². The molecule has 0 bridgehead atoms. The molecule has 0 amide bonds. The smallest absolute Gasteiger partial charge is 0.328 e. The van der Waals surface area contributed by atoms with E-state index in [1.165, 1.54) is 0 Å². The monoisotopic (exact) mass is 182 g/mol. The van der Waals surface area contributed by atoms with Gasteiger partial charge in [0.1, 0.15) is 5.60 Å². The molecule has 0 saturated heterocycles. The summed E-state index contributed by atoms with van der Waals surface area (Å²) in [6.45, 7) is 2.16. The third-order valence-electron chi connectivity index (χ3n) is 1.27. The van der Waals surface area contributed by atoms with Gasteiger partial charge in [0.25, 0.3) is 0 Å². The van der Waals surface area contributed by atoms with Gasteiger partial charge in [0, 0.05) is 0 Å². The molecule has 0 rings (SSSR count). The van der Waals surface area contributed by atoms with Crippen LogP contribution in [0.5, 0.6) is 0 Å². The summed E-state index contributed by atoms with van der Waals surface area (Å²) in [6, 6.07) is 0. The van der Waals surface area contributed by atoms with Crippen LogP contribution in [0.15, 0.2) is 0 Å². The molecule has 0 aliphatic carbocycles. The van der Waals surface area contributed by atoms with Gasteiger partial charge < -0.3 is 14.9 Å². The van der Waals surface area contributed by atoms with Gasteiger partial charge in [-0.1, -0.05) is 0 Å². The first-order valence-electron chi connectivity index (χ1n) is 2.93. The molecule has 0 spiro atoms. The molecule has 0 radical (unpaired) electrons. The number of carbonyl (C=O) groups is 1. The van der Waals surface area contributed by atoms with Crippen LogP contribution in [0.3, 0.4) is 0 Å². The molecule has 3 N–H and O–H groups in total. The summed E-state index contributed by atoms with van der Waals surface area (Å²) in [7, 11) is -4.31. The van der Waals surface area contributed by atoms with Gasteiger partial charge in [0.2, 0.25) is 0 Å². The van der Waals surface area contributed by atoms with Crippen LogP contribution in [0.2, 0.25) is 0 Å². The molecule has 6 heteroatoms. The van der Waals surface area contributed by atoms with Crippen molar-refractivity contribution in [1.82, 2.24) is 0 Å². The Kier molecular flexibility index (Phi) is 2.97. The Balaban J connectivity index is 4.37. The first-order chi connectivity index (χ1) is 4.65. The maximum atomic E-state index is 10.5. The molecule has 11 heavy (non-hydrogen) atoms. The zero-order chi connectivity index (χ0) is 9.28. The van der Waals surface area contributed by atoms with E-state index in [9.17, 15) is 9.36 Å².